The number of carbonyl (C=O) groups excluding carboxylic acids is 1. The van der Waals surface area contributed by atoms with E-state index in [9.17, 15) is 9.90 Å². The lowest BCUT2D eigenvalue weighted by Crippen LogP contribution is -2.04. The smallest absolute Gasteiger partial charge is 0.257 e. The lowest BCUT2D eigenvalue weighted by atomic mass is 10.0. The molecule has 1 aliphatic rings. The fraction of sp³-hybridized carbons (Fsp3) is 0. The van der Waals surface area contributed by atoms with E-state index in [1.165, 1.54) is 0 Å². The highest BCUT2D eigenvalue weighted by Crippen LogP contribution is 2.37. The van der Waals surface area contributed by atoms with Crippen LogP contribution in [0.4, 0.5) is 5.82 Å². The molecule has 5 nitrogen and oxygen atoms in total. The lowest BCUT2D eigenvalue weighted by Gasteiger charge is -2.04. The zero-order valence-electron chi connectivity index (χ0n) is 12.6. The highest BCUT2D eigenvalue weighted by Gasteiger charge is 2.26. The number of aromatic hydroxyl groups is 1. The maximum absolute atomic E-state index is 12.4. The average molecular weight is 462 g/mol. The van der Waals surface area contributed by atoms with Gasteiger partial charge in [-0.1, -0.05) is 0 Å². The Morgan fingerprint density at radius 2 is 1.96 bits per heavy atom. The van der Waals surface area contributed by atoms with Gasteiger partial charge >= 0.3 is 0 Å². The normalized spacial score (nSPS) is 14.6. The zero-order chi connectivity index (χ0) is 17.6. The second-order valence-corrected chi connectivity index (χ2v) is 7.15. The van der Waals surface area contributed by atoms with Gasteiger partial charge in [0.25, 0.3) is 5.91 Å². The van der Waals surface area contributed by atoms with Crippen LogP contribution in [0.2, 0.25) is 0 Å². The first-order chi connectivity index (χ1) is 12.0. The minimum absolute atomic E-state index is 0.111. The number of phenolic OH excluding ortho intramolecular Hbond substituents is 1. The number of hydrogen-bond donors (Lipinski definition) is 2. The highest BCUT2D eigenvalue weighted by atomic mass is 79.9. The van der Waals surface area contributed by atoms with E-state index in [-0.39, 0.29) is 11.7 Å². The summed E-state index contributed by atoms with van der Waals surface area (Å²) >= 11 is 6.59. The number of rotatable bonds is 2. The van der Waals surface area contributed by atoms with E-state index in [1.807, 2.05) is 12.1 Å². The molecule has 124 valence electrons. The third-order valence-corrected chi connectivity index (χ3v) is 5.02. The van der Waals surface area contributed by atoms with Crippen molar-refractivity contribution in [1.82, 2.24) is 4.98 Å². The minimum atomic E-state index is -0.223. The molecule has 7 heteroatoms. The number of benzene rings is 1. The Labute approximate surface area is 159 Å². The summed E-state index contributed by atoms with van der Waals surface area (Å²) in [5.74, 6) is 1.09. The molecule has 0 aliphatic carbocycles. The quantitative estimate of drug-likeness (QED) is 0.522. The number of nitrogens with one attached hydrogen (secondary N) is 1. The Morgan fingerprint density at radius 1 is 1.20 bits per heavy atom. The predicted molar refractivity (Wildman–Crippen MR) is 102 cm³/mol. The van der Waals surface area contributed by atoms with Gasteiger partial charge < -0.3 is 14.8 Å². The molecule has 0 spiro atoms. The number of pyridine rings is 1. The van der Waals surface area contributed by atoms with E-state index >= 15 is 0 Å². The van der Waals surface area contributed by atoms with Gasteiger partial charge in [-0.3, -0.25) is 4.79 Å². The molecule has 1 aromatic carbocycles. The summed E-state index contributed by atoms with van der Waals surface area (Å²) in [4.78, 5) is 16.7. The van der Waals surface area contributed by atoms with Crippen LogP contribution in [-0.2, 0) is 4.79 Å². The summed E-state index contributed by atoms with van der Waals surface area (Å²) in [6, 6.07) is 8.99. The Bertz CT molecular complexity index is 1000. The van der Waals surface area contributed by atoms with Crippen molar-refractivity contribution in [2.75, 3.05) is 5.32 Å². The fourth-order valence-corrected chi connectivity index (χ4v) is 3.84. The van der Waals surface area contributed by atoms with Crippen molar-refractivity contribution in [3.63, 3.8) is 0 Å². The van der Waals surface area contributed by atoms with Crippen LogP contribution in [0.25, 0.3) is 23.0 Å². The summed E-state index contributed by atoms with van der Waals surface area (Å²) < 4.78 is 6.47. The number of amides is 1. The van der Waals surface area contributed by atoms with Crippen LogP contribution in [0.3, 0.4) is 0 Å². The maximum Gasteiger partial charge on any atom is 0.257 e. The van der Waals surface area contributed by atoms with E-state index in [4.69, 9.17) is 4.42 Å². The van der Waals surface area contributed by atoms with Crippen LogP contribution in [0.15, 0.2) is 56.2 Å². The Morgan fingerprint density at radius 3 is 2.64 bits per heavy atom. The average Bonchev–Trinajstić information content (AvgIpc) is 3.21. The first kappa shape index (κ1) is 16.1. The molecule has 0 atom stereocenters. The topological polar surface area (TPSA) is 75.4 Å². The van der Waals surface area contributed by atoms with Crippen LogP contribution < -0.4 is 5.32 Å². The standard InChI is InChI=1S/C18H10Br2N2O3/c19-13-5-9(6-14(20)16(13)23)4-12-11-7-10(15-2-1-3-25-15)8-21-17(11)22-18(12)24/h1-8,23H,(H,21,22,24)/b12-4+. The molecule has 0 radical (unpaired) electrons. The molecular formula is C18H10Br2N2O3. The van der Waals surface area contributed by atoms with Crippen LogP contribution in [0, 0.1) is 0 Å². The molecule has 4 rings (SSSR count). The second kappa shape index (κ2) is 6.16. The molecule has 2 aromatic heterocycles. The highest BCUT2D eigenvalue weighted by molar-refractivity contribution is 9.11. The molecule has 0 saturated heterocycles. The number of hydrogen-bond acceptors (Lipinski definition) is 4. The molecule has 2 N–H and O–H groups in total. The summed E-state index contributed by atoms with van der Waals surface area (Å²) in [6.07, 6.45) is 5.01. The first-order valence-electron chi connectivity index (χ1n) is 7.28. The van der Waals surface area contributed by atoms with Crippen molar-refractivity contribution in [2.45, 2.75) is 0 Å². The van der Waals surface area contributed by atoms with Crippen molar-refractivity contribution in [1.29, 1.82) is 0 Å². The molecule has 1 amide bonds. The van der Waals surface area contributed by atoms with Crippen LogP contribution in [0.5, 0.6) is 5.75 Å². The van der Waals surface area contributed by atoms with Crippen LogP contribution in [0.1, 0.15) is 11.1 Å². The second-order valence-electron chi connectivity index (χ2n) is 5.44. The van der Waals surface area contributed by atoms with Crippen LogP contribution >= 0.6 is 31.9 Å². The number of aromatic nitrogens is 1. The third kappa shape index (κ3) is 2.89. The van der Waals surface area contributed by atoms with Gasteiger partial charge in [0.15, 0.2) is 0 Å². The molecule has 3 aromatic rings. The molecule has 0 fully saturated rings. The van der Waals surface area contributed by atoms with Crippen molar-refractivity contribution < 1.29 is 14.3 Å². The largest absolute Gasteiger partial charge is 0.506 e. The van der Waals surface area contributed by atoms with Crippen molar-refractivity contribution in [3.05, 3.63) is 62.9 Å². The minimum Gasteiger partial charge on any atom is -0.506 e. The number of furan rings is 1. The summed E-state index contributed by atoms with van der Waals surface area (Å²) in [7, 11) is 0. The summed E-state index contributed by atoms with van der Waals surface area (Å²) in [6.45, 7) is 0. The van der Waals surface area contributed by atoms with Gasteiger partial charge in [-0.05, 0) is 73.8 Å². The van der Waals surface area contributed by atoms with Crippen molar-refractivity contribution in [2.24, 2.45) is 0 Å². The van der Waals surface area contributed by atoms with Gasteiger partial charge in [0.2, 0.25) is 0 Å². The Kier molecular flexibility index (Phi) is 3.97. The number of phenols is 1. The Hall–Kier alpha value is -2.38. The number of carbonyl (C=O) groups is 1. The summed E-state index contributed by atoms with van der Waals surface area (Å²) in [5.41, 5.74) is 2.76. The van der Waals surface area contributed by atoms with Crippen molar-refractivity contribution >= 4 is 55.2 Å². The maximum atomic E-state index is 12.4. The Balaban J connectivity index is 1.82. The molecule has 1 aliphatic heterocycles. The molecule has 25 heavy (non-hydrogen) atoms. The van der Waals surface area contributed by atoms with Gasteiger partial charge in [0, 0.05) is 17.3 Å². The van der Waals surface area contributed by atoms with Gasteiger partial charge in [-0.2, -0.15) is 0 Å². The van der Waals surface area contributed by atoms with Gasteiger partial charge in [0.1, 0.15) is 17.3 Å². The van der Waals surface area contributed by atoms with Crippen molar-refractivity contribution in [3.8, 4) is 17.1 Å². The van der Waals surface area contributed by atoms with Crippen LogP contribution in [-0.4, -0.2) is 16.0 Å². The first-order valence-corrected chi connectivity index (χ1v) is 8.87. The monoisotopic (exact) mass is 460 g/mol. The molecule has 3 heterocycles. The van der Waals surface area contributed by atoms with E-state index in [1.54, 1.807) is 36.7 Å². The predicted octanol–water partition coefficient (Wildman–Crippen LogP) is 5.06. The number of anilines is 1. The van der Waals surface area contributed by atoms with E-state index in [2.05, 4.69) is 42.2 Å². The number of fused-ring (bicyclic) bond motifs is 1. The zero-order valence-corrected chi connectivity index (χ0v) is 15.8. The molecule has 0 saturated carbocycles. The van der Waals surface area contributed by atoms with E-state index in [0.29, 0.717) is 31.7 Å². The van der Waals surface area contributed by atoms with Gasteiger partial charge in [-0.25, -0.2) is 4.98 Å². The SMILES string of the molecule is O=C1Nc2ncc(-c3ccco3)cc2/C1=C\c1cc(Br)c(O)c(Br)c1. The number of halogens is 2. The fourth-order valence-electron chi connectivity index (χ4n) is 2.62. The van der Waals surface area contributed by atoms with E-state index in [0.717, 1.165) is 11.1 Å². The molecular weight excluding hydrogens is 452 g/mol. The summed E-state index contributed by atoms with van der Waals surface area (Å²) in [5, 5.41) is 12.6. The third-order valence-electron chi connectivity index (χ3n) is 3.81. The molecule has 0 unspecified atom stereocenters. The number of nitrogens with zero attached hydrogens (tertiary/aromatic N) is 1. The van der Waals surface area contributed by atoms with E-state index < -0.39 is 0 Å². The lowest BCUT2D eigenvalue weighted by molar-refractivity contribution is -0.110. The van der Waals surface area contributed by atoms with Gasteiger partial charge in [0.05, 0.1) is 20.8 Å². The molecule has 0 bridgehead atoms. The van der Waals surface area contributed by atoms with Gasteiger partial charge in [-0.15, -0.1) is 0 Å².